The molecule has 0 saturated carbocycles. The lowest BCUT2D eigenvalue weighted by Crippen LogP contribution is -2.39. The summed E-state index contributed by atoms with van der Waals surface area (Å²) in [4.78, 5) is 24.5. The number of alkyl halides is 3. The average Bonchev–Trinajstić information content (AvgIpc) is 2.30. The van der Waals surface area contributed by atoms with Crippen LogP contribution in [-0.4, -0.2) is 28.8 Å². The summed E-state index contributed by atoms with van der Waals surface area (Å²) in [6.45, 7) is 1.14. The molecule has 0 aromatic carbocycles. The molecule has 0 unspecified atom stereocenters. The third kappa shape index (κ3) is 4.28. The number of halogens is 3. The van der Waals surface area contributed by atoms with Gasteiger partial charge in [0, 0.05) is 6.20 Å². The highest BCUT2D eigenvalue weighted by Gasteiger charge is 2.31. The smallest absolute Gasteiger partial charge is 0.394 e. The maximum Gasteiger partial charge on any atom is 0.417 e. The number of aromatic nitrogens is 1. The van der Waals surface area contributed by atoms with Crippen molar-refractivity contribution in [3.05, 3.63) is 28.2 Å². The van der Waals surface area contributed by atoms with Crippen LogP contribution >= 0.6 is 0 Å². The van der Waals surface area contributed by atoms with E-state index in [1.807, 2.05) is 10.3 Å². The van der Waals surface area contributed by atoms with Gasteiger partial charge in [-0.2, -0.15) is 13.2 Å². The third-order valence-corrected chi connectivity index (χ3v) is 2.13. The van der Waals surface area contributed by atoms with E-state index in [4.69, 9.17) is 5.11 Å². The number of rotatable bonds is 3. The van der Waals surface area contributed by atoms with Crippen molar-refractivity contribution in [1.29, 1.82) is 0 Å². The molecule has 9 heteroatoms. The van der Waals surface area contributed by atoms with Gasteiger partial charge in [0.2, 0.25) is 0 Å². The SMILES string of the molecule is C[C@@H](CO)NC(=O)Nc1cc(C(F)(F)F)c[nH]c1=O. The number of hydrogen-bond donors (Lipinski definition) is 4. The van der Waals surface area contributed by atoms with Crippen molar-refractivity contribution >= 4 is 11.7 Å². The minimum Gasteiger partial charge on any atom is -0.394 e. The third-order valence-electron chi connectivity index (χ3n) is 2.13. The van der Waals surface area contributed by atoms with Crippen LogP contribution in [-0.2, 0) is 6.18 Å². The van der Waals surface area contributed by atoms with Crippen LogP contribution in [0.5, 0.6) is 0 Å². The van der Waals surface area contributed by atoms with Crippen LogP contribution in [0.1, 0.15) is 12.5 Å². The van der Waals surface area contributed by atoms with Crippen molar-refractivity contribution in [3.63, 3.8) is 0 Å². The van der Waals surface area contributed by atoms with E-state index in [9.17, 15) is 22.8 Å². The molecule has 2 amide bonds. The molecule has 1 heterocycles. The second kappa shape index (κ2) is 5.74. The highest BCUT2D eigenvalue weighted by atomic mass is 19.4. The van der Waals surface area contributed by atoms with Crippen molar-refractivity contribution in [1.82, 2.24) is 10.3 Å². The van der Waals surface area contributed by atoms with Gasteiger partial charge in [-0.1, -0.05) is 0 Å². The highest BCUT2D eigenvalue weighted by Crippen LogP contribution is 2.28. The average molecular weight is 279 g/mol. The number of aliphatic hydroxyl groups is 1. The molecule has 0 spiro atoms. The zero-order valence-electron chi connectivity index (χ0n) is 9.84. The largest absolute Gasteiger partial charge is 0.417 e. The van der Waals surface area contributed by atoms with E-state index in [-0.39, 0.29) is 6.61 Å². The zero-order valence-corrected chi connectivity index (χ0v) is 9.84. The molecular formula is C10H12F3N3O3. The standard InChI is InChI=1S/C10H12F3N3O3/c1-5(4-17)15-9(19)16-7-2-6(10(11,12)13)3-14-8(7)18/h2-3,5,17H,4H2,1H3,(H,14,18)(H2,15,16,19)/t5-/m0/s1. The van der Waals surface area contributed by atoms with Crippen LogP contribution in [0.3, 0.4) is 0 Å². The number of H-pyrrole nitrogens is 1. The monoisotopic (exact) mass is 279 g/mol. The Morgan fingerprint density at radius 2 is 2.16 bits per heavy atom. The van der Waals surface area contributed by atoms with Gasteiger partial charge in [0.15, 0.2) is 0 Å². The molecule has 0 bridgehead atoms. The highest BCUT2D eigenvalue weighted by molar-refractivity contribution is 5.89. The van der Waals surface area contributed by atoms with Crippen molar-refractivity contribution in [2.24, 2.45) is 0 Å². The predicted octanol–water partition coefficient (Wildman–Crippen LogP) is 0.896. The van der Waals surface area contributed by atoms with Gasteiger partial charge in [0.25, 0.3) is 5.56 Å². The number of urea groups is 1. The molecule has 6 nitrogen and oxygen atoms in total. The van der Waals surface area contributed by atoms with Gasteiger partial charge in [-0.25, -0.2) is 4.79 Å². The number of anilines is 1. The van der Waals surface area contributed by atoms with E-state index in [1.54, 1.807) is 0 Å². The molecule has 0 aliphatic rings. The second-order valence-corrected chi connectivity index (χ2v) is 3.81. The van der Waals surface area contributed by atoms with Gasteiger partial charge in [-0.3, -0.25) is 4.79 Å². The van der Waals surface area contributed by atoms with Gasteiger partial charge >= 0.3 is 12.2 Å². The Morgan fingerprint density at radius 1 is 1.53 bits per heavy atom. The molecule has 106 valence electrons. The topological polar surface area (TPSA) is 94.2 Å². The lowest BCUT2D eigenvalue weighted by atomic mass is 10.2. The maximum atomic E-state index is 12.4. The zero-order chi connectivity index (χ0) is 14.6. The number of carbonyl (C=O) groups is 1. The maximum absolute atomic E-state index is 12.4. The Balaban J connectivity index is 2.89. The van der Waals surface area contributed by atoms with Gasteiger partial charge in [-0.05, 0) is 13.0 Å². The number of hydrogen-bond acceptors (Lipinski definition) is 3. The van der Waals surface area contributed by atoms with Gasteiger partial charge in [0.1, 0.15) is 5.69 Å². The van der Waals surface area contributed by atoms with Crippen molar-refractivity contribution in [2.75, 3.05) is 11.9 Å². The number of pyridine rings is 1. The van der Waals surface area contributed by atoms with E-state index in [1.165, 1.54) is 6.92 Å². The number of aliphatic hydroxyl groups excluding tert-OH is 1. The number of aromatic amines is 1. The number of carbonyl (C=O) groups excluding carboxylic acids is 1. The Morgan fingerprint density at radius 3 is 2.68 bits per heavy atom. The normalized spacial score (nSPS) is 12.9. The summed E-state index contributed by atoms with van der Waals surface area (Å²) in [5.74, 6) is 0. The molecule has 4 N–H and O–H groups in total. The molecule has 0 aliphatic heterocycles. The van der Waals surface area contributed by atoms with Crippen LogP contribution < -0.4 is 16.2 Å². The summed E-state index contributed by atoms with van der Waals surface area (Å²) >= 11 is 0. The predicted molar refractivity (Wildman–Crippen MR) is 60.8 cm³/mol. The molecule has 1 rings (SSSR count). The minimum absolute atomic E-state index is 0.341. The van der Waals surface area contributed by atoms with E-state index < -0.39 is 35.1 Å². The van der Waals surface area contributed by atoms with E-state index in [0.29, 0.717) is 12.3 Å². The molecule has 0 fully saturated rings. The summed E-state index contributed by atoms with van der Waals surface area (Å²) in [7, 11) is 0. The second-order valence-electron chi connectivity index (χ2n) is 3.81. The Hall–Kier alpha value is -2.03. The van der Waals surface area contributed by atoms with Gasteiger partial charge in [-0.15, -0.1) is 0 Å². The molecule has 0 radical (unpaired) electrons. The molecular weight excluding hydrogens is 267 g/mol. The van der Waals surface area contributed by atoms with Gasteiger partial charge < -0.3 is 20.7 Å². The van der Waals surface area contributed by atoms with Crippen LogP contribution in [0.15, 0.2) is 17.1 Å². The first-order chi connectivity index (χ1) is 8.74. The minimum atomic E-state index is -4.63. The first kappa shape index (κ1) is 15.0. The lowest BCUT2D eigenvalue weighted by Gasteiger charge is -2.12. The quantitative estimate of drug-likeness (QED) is 0.662. The molecule has 1 aromatic rings. The van der Waals surface area contributed by atoms with Crippen LogP contribution in [0.2, 0.25) is 0 Å². The molecule has 19 heavy (non-hydrogen) atoms. The summed E-state index contributed by atoms with van der Waals surface area (Å²) in [6, 6.07) is -0.946. The summed E-state index contributed by atoms with van der Waals surface area (Å²) in [5, 5.41) is 12.9. The summed E-state index contributed by atoms with van der Waals surface area (Å²) in [6.07, 6.45) is -4.11. The fourth-order valence-electron chi connectivity index (χ4n) is 1.17. The van der Waals surface area contributed by atoms with Crippen molar-refractivity contribution < 1.29 is 23.1 Å². The van der Waals surface area contributed by atoms with Crippen molar-refractivity contribution in [3.8, 4) is 0 Å². The Bertz CT molecular complexity index is 513. The molecule has 0 saturated heterocycles. The summed E-state index contributed by atoms with van der Waals surface area (Å²) < 4.78 is 37.3. The lowest BCUT2D eigenvalue weighted by molar-refractivity contribution is -0.137. The van der Waals surface area contributed by atoms with Crippen LogP contribution in [0.25, 0.3) is 0 Å². The Kier molecular flexibility index (Phi) is 4.54. The van der Waals surface area contributed by atoms with E-state index in [2.05, 4.69) is 5.32 Å². The first-order valence-corrected chi connectivity index (χ1v) is 5.22. The molecule has 1 atom stereocenters. The van der Waals surface area contributed by atoms with Gasteiger partial charge in [0.05, 0.1) is 18.2 Å². The van der Waals surface area contributed by atoms with Crippen molar-refractivity contribution in [2.45, 2.75) is 19.1 Å². The fraction of sp³-hybridized carbons (Fsp3) is 0.400. The van der Waals surface area contributed by atoms with Crippen LogP contribution in [0.4, 0.5) is 23.7 Å². The van der Waals surface area contributed by atoms with E-state index in [0.717, 1.165) is 0 Å². The first-order valence-electron chi connectivity index (χ1n) is 5.22. The fourth-order valence-corrected chi connectivity index (χ4v) is 1.17. The summed E-state index contributed by atoms with van der Waals surface area (Å²) in [5.41, 5.74) is -2.48. The number of nitrogens with one attached hydrogen (secondary N) is 3. The number of amides is 2. The molecule has 1 aromatic heterocycles. The molecule has 0 aliphatic carbocycles. The van der Waals surface area contributed by atoms with Crippen LogP contribution in [0, 0.1) is 0 Å². The van der Waals surface area contributed by atoms with E-state index >= 15 is 0 Å². The Labute approximate surface area is 105 Å².